The molecule has 0 saturated carbocycles. The number of nitrogens with one attached hydrogen (secondary N) is 1. The fraction of sp³-hybridized carbons (Fsp3) is 0.667. The van der Waals surface area contributed by atoms with E-state index in [0.29, 0.717) is 22.8 Å². The average Bonchev–Trinajstić information content (AvgIpc) is 2.48. The van der Waals surface area contributed by atoms with Crippen molar-refractivity contribution in [3.8, 4) is 0 Å². The molecule has 0 saturated heterocycles. The van der Waals surface area contributed by atoms with E-state index in [-0.39, 0.29) is 6.54 Å². The van der Waals surface area contributed by atoms with Crippen LogP contribution in [0.5, 0.6) is 0 Å². The Hall–Kier alpha value is -0.790. The predicted octanol–water partition coefficient (Wildman–Crippen LogP) is 2.22. The van der Waals surface area contributed by atoms with Crippen molar-refractivity contribution in [2.45, 2.75) is 26.1 Å². The van der Waals surface area contributed by atoms with E-state index in [4.69, 9.17) is 11.6 Å². The van der Waals surface area contributed by atoms with E-state index in [1.807, 2.05) is 6.92 Å². The first-order valence-corrected chi connectivity index (χ1v) is 5.34. The minimum absolute atomic E-state index is 0.0679. The highest BCUT2D eigenvalue weighted by Crippen LogP contribution is 2.20. The summed E-state index contributed by atoms with van der Waals surface area (Å²) < 4.78 is 36.9. The minimum Gasteiger partial charge on any atom is -0.292 e. The lowest BCUT2D eigenvalue weighted by molar-refractivity contribution is -0.190. The van der Waals surface area contributed by atoms with Crippen LogP contribution in [0.15, 0.2) is 0 Å². The van der Waals surface area contributed by atoms with Crippen molar-refractivity contribution in [2.24, 2.45) is 7.05 Å². The van der Waals surface area contributed by atoms with E-state index in [0.717, 1.165) is 0 Å². The third-order valence-electron chi connectivity index (χ3n) is 2.08. The largest absolute Gasteiger partial charge is 0.413 e. The maximum atomic E-state index is 11.8. The van der Waals surface area contributed by atoms with Crippen molar-refractivity contribution in [1.82, 2.24) is 15.3 Å². The van der Waals surface area contributed by atoms with Gasteiger partial charge in [-0.2, -0.15) is 23.8 Å². The van der Waals surface area contributed by atoms with Gasteiger partial charge in [-0.15, -0.1) is 0 Å². The lowest BCUT2D eigenvalue weighted by Crippen LogP contribution is -2.25. The topological polar surface area (TPSA) is 39.1 Å². The molecule has 1 heterocycles. The zero-order chi connectivity index (χ0) is 13.1. The molecule has 0 aliphatic rings. The molecule has 0 unspecified atom stereocenters. The molecule has 1 aromatic rings. The normalized spacial score (nSPS) is 12.1. The standard InChI is InChI=1S/C9H13ClF3N3O/c1-3-6-8(10)7(16(2)15-6)4-14-17-5-9(11,12)13/h14H,3-5H2,1-2H3. The Kier molecular flexibility index (Phi) is 4.79. The number of hydrogen-bond acceptors (Lipinski definition) is 3. The van der Waals surface area contributed by atoms with Crippen LogP contribution in [0.3, 0.4) is 0 Å². The van der Waals surface area contributed by atoms with Gasteiger partial charge < -0.3 is 0 Å². The molecule has 0 spiro atoms. The Labute approximate surface area is 102 Å². The summed E-state index contributed by atoms with van der Waals surface area (Å²) in [5, 5.41) is 4.58. The van der Waals surface area contributed by atoms with Crippen LogP contribution in [-0.4, -0.2) is 22.6 Å². The first-order chi connectivity index (χ1) is 7.85. The molecule has 0 bridgehead atoms. The van der Waals surface area contributed by atoms with Gasteiger partial charge in [0.05, 0.1) is 23.0 Å². The van der Waals surface area contributed by atoms with Gasteiger partial charge in [0, 0.05) is 7.05 Å². The van der Waals surface area contributed by atoms with Crippen molar-refractivity contribution in [3.63, 3.8) is 0 Å². The molecule has 0 aliphatic carbocycles. The molecule has 4 nitrogen and oxygen atoms in total. The highest BCUT2D eigenvalue weighted by Gasteiger charge is 2.27. The maximum Gasteiger partial charge on any atom is 0.413 e. The lowest BCUT2D eigenvalue weighted by atomic mass is 10.3. The summed E-state index contributed by atoms with van der Waals surface area (Å²) in [5.41, 5.74) is 3.51. The number of nitrogens with zero attached hydrogens (tertiary/aromatic N) is 2. The maximum absolute atomic E-state index is 11.8. The summed E-state index contributed by atoms with van der Waals surface area (Å²) >= 11 is 6.00. The summed E-state index contributed by atoms with van der Waals surface area (Å²) in [5.74, 6) is 0. The third-order valence-corrected chi connectivity index (χ3v) is 2.52. The van der Waals surface area contributed by atoms with E-state index < -0.39 is 12.8 Å². The molecule has 0 aromatic carbocycles. The Morgan fingerprint density at radius 1 is 1.47 bits per heavy atom. The van der Waals surface area contributed by atoms with Gasteiger partial charge in [-0.25, -0.2) is 0 Å². The Balaban J connectivity index is 2.50. The Morgan fingerprint density at radius 2 is 2.12 bits per heavy atom. The van der Waals surface area contributed by atoms with Crippen molar-refractivity contribution < 1.29 is 18.0 Å². The van der Waals surface area contributed by atoms with Crippen LogP contribution in [0.25, 0.3) is 0 Å². The number of halogens is 4. The van der Waals surface area contributed by atoms with Crippen molar-refractivity contribution >= 4 is 11.6 Å². The second-order valence-corrected chi connectivity index (χ2v) is 3.79. The Bertz CT molecular complexity index is 378. The number of alkyl halides is 3. The number of aromatic nitrogens is 2. The summed E-state index contributed by atoms with van der Waals surface area (Å²) in [7, 11) is 1.67. The van der Waals surface area contributed by atoms with Crippen molar-refractivity contribution in [3.05, 3.63) is 16.4 Å². The van der Waals surface area contributed by atoms with Crippen LogP contribution < -0.4 is 5.48 Å². The first kappa shape index (κ1) is 14.3. The van der Waals surface area contributed by atoms with Gasteiger partial charge in [0.2, 0.25) is 0 Å². The smallest absolute Gasteiger partial charge is 0.292 e. The monoisotopic (exact) mass is 271 g/mol. The molecule has 0 radical (unpaired) electrons. The lowest BCUT2D eigenvalue weighted by Gasteiger charge is -2.08. The highest BCUT2D eigenvalue weighted by molar-refractivity contribution is 6.31. The molecule has 0 fully saturated rings. The number of aryl methyl sites for hydroxylation is 2. The second-order valence-electron chi connectivity index (χ2n) is 3.41. The fourth-order valence-corrected chi connectivity index (χ4v) is 1.62. The second kappa shape index (κ2) is 5.70. The summed E-state index contributed by atoms with van der Waals surface area (Å²) in [6.45, 7) is 0.618. The van der Waals surface area contributed by atoms with Gasteiger partial charge in [-0.3, -0.25) is 9.52 Å². The van der Waals surface area contributed by atoms with E-state index in [2.05, 4.69) is 15.4 Å². The summed E-state index contributed by atoms with van der Waals surface area (Å²) in [6, 6.07) is 0. The quantitative estimate of drug-likeness (QED) is 0.659. The molecule has 0 atom stereocenters. The van der Waals surface area contributed by atoms with Crippen LogP contribution in [0.2, 0.25) is 5.02 Å². The number of hydroxylamine groups is 1. The van der Waals surface area contributed by atoms with Gasteiger partial charge in [0.1, 0.15) is 0 Å². The number of rotatable bonds is 5. The molecule has 8 heteroatoms. The fourth-order valence-electron chi connectivity index (χ4n) is 1.26. The van der Waals surface area contributed by atoms with Crippen LogP contribution in [0.1, 0.15) is 18.3 Å². The molecule has 1 rings (SSSR count). The molecular weight excluding hydrogens is 259 g/mol. The van der Waals surface area contributed by atoms with Crippen LogP contribution in [0, 0.1) is 0 Å². The summed E-state index contributed by atoms with van der Waals surface area (Å²) in [4.78, 5) is 4.28. The average molecular weight is 272 g/mol. The van der Waals surface area contributed by atoms with E-state index in [1.54, 1.807) is 7.05 Å². The van der Waals surface area contributed by atoms with Crippen LogP contribution in [-0.2, 0) is 24.9 Å². The number of hydrogen-bond donors (Lipinski definition) is 1. The minimum atomic E-state index is -4.35. The van der Waals surface area contributed by atoms with Crippen molar-refractivity contribution in [2.75, 3.05) is 6.61 Å². The Morgan fingerprint density at radius 3 is 2.59 bits per heavy atom. The highest BCUT2D eigenvalue weighted by atomic mass is 35.5. The van der Waals surface area contributed by atoms with E-state index in [9.17, 15) is 13.2 Å². The SMILES string of the molecule is CCc1nn(C)c(CNOCC(F)(F)F)c1Cl. The zero-order valence-electron chi connectivity index (χ0n) is 9.44. The molecule has 1 aromatic heterocycles. The molecule has 1 N–H and O–H groups in total. The third kappa shape index (κ3) is 4.18. The van der Waals surface area contributed by atoms with E-state index in [1.165, 1.54) is 4.68 Å². The van der Waals surface area contributed by atoms with Crippen molar-refractivity contribution in [1.29, 1.82) is 0 Å². The van der Waals surface area contributed by atoms with Gasteiger partial charge in [0.25, 0.3) is 0 Å². The molecular formula is C9H13ClF3N3O. The van der Waals surface area contributed by atoms with Gasteiger partial charge in [-0.1, -0.05) is 18.5 Å². The van der Waals surface area contributed by atoms with Gasteiger partial charge >= 0.3 is 6.18 Å². The first-order valence-electron chi connectivity index (χ1n) is 4.96. The van der Waals surface area contributed by atoms with Crippen LogP contribution >= 0.6 is 11.6 Å². The molecule has 0 aliphatic heterocycles. The van der Waals surface area contributed by atoms with Gasteiger partial charge in [-0.05, 0) is 6.42 Å². The molecule has 0 amide bonds. The molecule has 98 valence electrons. The van der Waals surface area contributed by atoms with Gasteiger partial charge in [0.15, 0.2) is 6.61 Å². The van der Waals surface area contributed by atoms with Crippen LogP contribution in [0.4, 0.5) is 13.2 Å². The van der Waals surface area contributed by atoms with E-state index >= 15 is 0 Å². The predicted molar refractivity (Wildman–Crippen MR) is 56.4 cm³/mol. The summed E-state index contributed by atoms with van der Waals surface area (Å²) in [6.07, 6.45) is -3.69. The molecule has 17 heavy (non-hydrogen) atoms. The zero-order valence-corrected chi connectivity index (χ0v) is 10.2.